The molecule has 0 aliphatic rings. The molecule has 0 amide bonds. The summed E-state index contributed by atoms with van der Waals surface area (Å²) in [4.78, 5) is 0. The van der Waals surface area contributed by atoms with E-state index in [-0.39, 0.29) is 6.04 Å². The van der Waals surface area contributed by atoms with Crippen LogP contribution in [-0.2, 0) is 0 Å². The third kappa shape index (κ3) is 5.50. The Morgan fingerprint density at radius 2 is 2.14 bits per heavy atom. The zero-order valence-electron chi connectivity index (χ0n) is 4.81. The van der Waals surface area contributed by atoms with Gasteiger partial charge < -0.3 is 11.5 Å². The molecule has 42 valence electrons. The Morgan fingerprint density at radius 3 is 2.14 bits per heavy atom. The van der Waals surface area contributed by atoms with Gasteiger partial charge in [-0.2, -0.15) is 0 Å². The summed E-state index contributed by atoms with van der Waals surface area (Å²) in [7, 11) is 0. The number of nitrogens with two attached hydrogens (primary N) is 2. The fourth-order valence-corrected chi connectivity index (χ4v) is 0.415. The lowest BCUT2D eigenvalue weighted by molar-refractivity contribution is 0.911. The smallest absolute Gasteiger partial charge is 0.0214 e. The van der Waals surface area contributed by atoms with Crippen molar-refractivity contribution in [1.82, 2.24) is 0 Å². The molecule has 0 fully saturated rings. The van der Waals surface area contributed by atoms with Crippen LogP contribution in [0.3, 0.4) is 0 Å². The zero-order chi connectivity index (χ0) is 5.86. The van der Waals surface area contributed by atoms with Crippen LogP contribution in [0.15, 0.2) is 11.8 Å². The highest BCUT2D eigenvalue weighted by Gasteiger charge is 1.82. The number of hydrogen-bond acceptors (Lipinski definition) is 2. The predicted molar refractivity (Wildman–Crippen MR) is 31.6 cm³/mol. The summed E-state index contributed by atoms with van der Waals surface area (Å²) in [5.74, 6) is 0. The largest absolute Gasteiger partial charge is 0.402 e. The van der Waals surface area contributed by atoms with E-state index in [0.717, 1.165) is 5.70 Å². The van der Waals surface area contributed by atoms with Crippen LogP contribution in [-0.4, -0.2) is 6.04 Å². The fraction of sp³-hybridized carbons (Fsp3) is 0.600. The van der Waals surface area contributed by atoms with Gasteiger partial charge >= 0.3 is 0 Å². The summed E-state index contributed by atoms with van der Waals surface area (Å²) in [5, 5.41) is 0. The maximum absolute atomic E-state index is 5.34. The second-order valence-electron chi connectivity index (χ2n) is 1.77. The highest BCUT2D eigenvalue weighted by Crippen LogP contribution is 1.81. The Morgan fingerprint density at radius 1 is 1.71 bits per heavy atom. The van der Waals surface area contributed by atoms with E-state index in [1.165, 1.54) is 0 Å². The van der Waals surface area contributed by atoms with Crippen LogP contribution in [0.4, 0.5) is 0 Å². The minimum absolute atomic E-state index is 0.0880. The van der Waals surface area contributed by atoms with Crippen LogP contribution in [0.2, 0.25) is 0 Å². The van der Waals surface area contributed by atoms with E-state index < -0.39 is 0 Å². The van der Waals surface area contributed by atoms with Gasteiger partial charge in [0, 0.05) is 11.7 Å². The highest BCUT2D eigenvalue weighted by atomic mass is 14.6. The fourth-order valence-electron chi connectivity index (χ4n) is 0.415. The van der Waals surface area contributed by atoms with E-state index in [1.54, 1.807) is 6.08 Å². The van der Waals surface area contributed by atoms with E-state index in [2.05, 4.69) is 0 Å². The lowest BCUT2D eigenvalue weighted by atomic mass is 10.3. The predicted octanol–water partition coefficient (Wildman–Crippen LogP) is 0.196. The Kier molecular flexibility index (Phi) is 2.45. The Bertz CT molecular complexity index is 70.1. The first-order valence-corrected chi connectivity index (χ1v) is 2.32. The van der Waals surface area contributed by atoms with Crippen LogP contribution < -0.4 is 11.5 Å². The Hall–Kier alpha value is -0.500. The molecule has 0 saturated heterocycles. The summed E-state index contributed by atoms with van der Waals surface area (Å²) >= 11 is 0. The first-order chi connectivity index (χ1) is 3.13. The lowest BCUT2D eigenvalue weighted by Crippen LogP contribution is -2.12. The third-order valence-corrected chi connectivity index (χ3v) is 0.526. The van der Waals surface area contributed by atoms with E-state index in [9.17, 15) is 0 Å². The average molecular weight is 100 g/mol. The minimum Gasteiger partial charge on any atom is -0.402 e. The van der Waals surface area contributed by atoms with Gasteiger partial charge in [-0.25, -0.2) is 0 Å². The van der Waals surface area contributed by atoms with Crippen molar-refractivity contribution in [3.63, 3.8) is 0 Å². The summed E-state index contributed by atoms with van der Waals surface area (Å²) < 4.78 is 0. The van der Waals surface area contributed by atoms with Crippen molar-refractivity contribution in [2.75, 3.05) is 0 Å². The molecule has 1 unspecified atom stereocenters. The Balaban J connectivity index is 3.45. The molecule has 0 aromatic heterocycles. The molecule has 2 heteroatoms. The van der Waals surface area contributed by atoms with Crippen molar-refractivity contribution in [1.29, 1.82) is 0 Å². The molecular formula is C5H12N2. The molecule has 4 N–H and O–H groups in total. The SMILES string of the molecule is C/C(N)=C/C(C)N. The van der Waals surface area contributed by atoms with Crippen molar-refractivity contribution in [2.45, 2.75) is 19.9 Å². The van der Waals surface area contributed by atoms with Crippen LogP contribution in [0, 0.1) is 0 Å². The second kappa shape index (κ2) is 2.64. The monoisotopic (exact) mass is 100 g/mol. The van der Waals surface area contributed by atoms with E-state index in [1.807, 2.05) is 13.8 Å². The maximum atomic E-state index is 5.34. The van der Waals surface area contributed by atoms with Crippen molar-refractivity contribution < 1.29 is 0 Å². The van der Waals surface area contributed by atoms with Crippen LogP contribution in [0.25, 0.3) is 0 Å². The van der Waals surface area contributed by atoms with E-state index in [0.29, 0.717) is 0 Å². The number of hydrogen-bond donors (Lipinski definition) is 2. The molecule has 2 nitrogen and oxygen atoms in total. The Labute approximate surface area is 44.2 Å². The van der Waals surface area contributed by atoms with Crippen LogP contribution in [0.5, 0.6) is 0 Å². The summed E-state index contributed by atoms with van der Waals surface area (Å²) in [5.41, 5.74) is 11.4. The molecule has 0 heterocycles. The first kappa shape index (κ1) is 6.50. The minimum atomic E-state index is 0.0880. The third-order valence-electron chi connectivity index (χ3n) is 0.526. The van der Waals surface area contributed by atoms with Gasteiger partial charge in [0.15, 0.2) is 0 Å². The quantitative estimate of drug-likeness (QED) is 0.494. The van der Waals surface area contributed by atoms with E-state index in [4.69, 9.17) is 11.5 Å². The van der Waals surface area contributed by atoms with Gasteiger partial charge in [0.2, 0.25) is 0 Å². The average Bonchev–Trinajstić information content (AvgIpc) is 1.27. The molecule has 0 aromatic rings. The zero-order valence-corrected chi connectivity index (χ0v) is 4.81. The molecule has 1 atom stereocenters. The van der Waals surface area contributed by atoms with Gasteiger partial charge in [0.1, 0.15) is 0 Å². The number of rotatable bonds is 1. The van der Waals surface area contributed by atoms with Crippen molar-refractivity contribution in [2.24, 2.45) is 11.5 Å². The van der Waals surface area contributed by atoms with E-state index >= 15 is 0 Å². The van der Waals surface area contributed by atoms with Gasteiger partial charge in [0.05, 0.1) is 0 Å². The van der Waals surface area contributed by atoms with Crippen LogP contribution >= 0.6 is 0 Å². The maximum Gasteiger partial charge on any atom is 0.0214 e. The molecule has 0 spiro atoms. The van der Waals surface area contributed by atoms with Crippen molar-refractivity contribution in [3.05, 3.63) is 11.8 Å². The molecule has 0 rings (SSSR count). The second-order valence-corrected chi connectivity index (χ2v) is 1.77. The molecule has 0 aliphatic heterocycles. The highest BCUT2D eigenvalue weighted by molar-refractivity contribution is 4.96. The van der Waals surface area contributed by atoms with Gasteiger partial charge in [-0.05, 0) is 19.9 Å². The van der Waals surface area contributed by atoms with Gasteiger partial charge in [0.25, 0.3) is 0 Å². The van der Waals surface area contributed by atoms with Gasteiger partial charge in [-0.15, -0.1) is 0 Å². The van der Waals surface area contributed by atoms with Crippen molar-refractivity contribution in [3.8, 4) is 0 Å². The molecule has 0 aliphatic carbocycles. The standard InChI is InChI=1S/C5H12N2/c1-4(6)3-5(2)7/h3-4H,6-7H2,1-2H3/b5-3-. The molecule has 0 radical (unpaired) electrons. The molecule has 7 heavy (non-hydrogen) atoms. The molecular weight excluding hydrogens is 88.1 g/mol. The van der Waals surface area contributed by atoms with Gasteiger partial charge in [-0.3, -0.25) is 0 Å². The summed E-state index contributed by atoms with van der Waals surface area (Å²) in [6.07, 6.45) is 1.81. The number of allylic oxidation sites excluding steroid dienone is 1. The summed E-state index contributed by atoms with van der Waals surface area (Å²) in [6.45, 7) is 3.71. The van der Waals surface area contributed by atoms with Crippen molar-refractivity contribution >= 4 is 0 Å². The lowest BCUT2D eigenvalue weighted by Gasteiger charge is -1.94. The molecule has 0 bridgehead atoms. The van der Waals surface area contributed by atoms with Crippen LogP contribution in [0.1, 0.15) is 13.8 Å². The van der Waals surface area contributed by atoms with Gasteiger partial charge in [-0.1, -0.05) is 0 Å². The molecule has 0 aromatic carbocycles. The molecule has 0 saturated carbocycles. The normalized spacial score (nSPS) is 16.7. The first-order valence-electron chi connectivity index (χ1n) is 2.32. The summed E-state index contributed by atoms with van der Waals surface area (Å²) in [6, 6.07) is 0.0880. The topological polar surface area (TPSA) is 52.0 Å².